The van der Waals surface area contributed by atoms with Gasteiger partial charge >= 0.3 is 6.18 Å². The van der Waals surface area contributed by atoms with Gasteiger partial charge in [-0.3, -0.25) is 4.79 Å². The average Bonchev–Trinajstić information content (AvgIpc) is 3.13. The summed E-state index contributed by atoms with van der Waals surface area (Å²) in [6.07, 6.45) is -3.47. The molecule has 10 heteroatoms. The van der Waals surface area contributed by atoms with Crippen LogP contribution in [0.4, 0.5) is 13.2 Å². The van der Waals surface area contributed by atoms with E-state index in [4.69, 9.17) is 4.74 Å². The highest BCUT2D eigenvalue weighted by molar-refractivity contribution is 14.0. The van der Waals surface area contributed by atoms with Crippen molar-refractivity contribution in [1.82, 2.24) is 15.5 Å². The maximum absolute atomic E-state index is 12.2. The minimum absolute atomic E-state index is 0. The number of hydrogen-bond donors (Lipinski definition) is 2. The lowest BCUT2D eigenvalue weighted by Gasteiger charge is -2.20. The van der Waals surface area contributed by atoms with Crippen molar-refractivity contribution in [2.75, 3.05) is 26.2 Å². The molecule has 6 nitrogen and oxygen atoms in total. The Bertz CT molecular complexity index is 729. The highest BCUT2D eigenvalue weighted by Gasteiger charge is 2.28. The maximum Gasteiger partial charge on any atom is 0.411 e. The Balaban J connectivity index is 0.00000480. The van der Waals surface area contributed by atoms with E-state index in [0.717, 1.165) is 18.5 Å². The minimum atomic E-state index is -4.33. The number of aliphatic imine (C=N–C) groups is 1. The van der Waals surface area contributed by atoms with Crippen LogP contribution in [0.15, 0.2) is 29.3 Å². The zero-order valence-corrected chi connectivity index (χ0v) is 20.5. The Morgan fingerprint density at radius 1 is 1.32 bits per heavy atom. The second-order valence-electron chi connectivity index (χ2n) is 7.69. The van der Waals surface area contributed by atoms with Gasteiger partial charge in [-0.25, -0.2) is 4.99 Å². The molecule has 1 aromatic rings. The first kappa shape index (κ1) is 27.5. The van der Waals surface area contributed by atoms with Gasteiger partial charge in [0.1, 0.15) is 6.61 Å². The fraction of sp³-hybridized carbons (Fsp3) is 0.619. The maximum atomic E-state index is 12.2. The highest BCUT2D eigenvalue weighted by atomic mass is 127. The normalized spacial score (nSPS) is 16.9. The summed E-state index contributed by atoms with van der Waals surface area (Å²) in [7, 11) is 0. The number of alkyl halides is 3. The van der Waals surface area contributed by atoms with Crippen LogP contribution in [0.5, 0.6) is 0 Å². The molecule has 1 aliphatic heterocycles. The summed E-state index contributed by atoms with van der Waals surface area (Å²) in [4.78, 5) is 18.6. The van der Waals surface area contributed by atoms with Crippen molar-refractivity contribution in [2.45, 2.75) is 52.6 Å². The molecular weight excluding hydrogens is 524 g/mol. The monoisotopic (exact) mass is 556 g/mol. The quantitative estimate of drug-likeness (QED) is 0.291. The molecule has 0 radical (unpaired) electrons. The number of carbonyl (C=O) groups is 1. The van der Waals surface area contributed by atoms with Gasteiger partial charge < -0.3 is 20.3 Å². The Kier molecular flexibility index (Phi) is 11.6. The second-order valence-corrected chi connectivity index (χ2v) is 7.69. The summed E-state index contributed by atoms with van der Waals surface area (Å²) < 4.78 is 41.4. The van der Waals surface area contributed by atoms with Gasteiger partial charge in [0.25, 0.3) is 0 Å². The van der Waals surface area contributed by atoms with Crippen LogP contribution in [0.2, 0.25) is 0 Å². The number of rotatable bonds is 8. The predicted octanol–water partition coefficient (Wildman–Crippen LogP) is 3.70. The van der Waals surface area contributed by atoms with Gasteiger partial charge in [-0.2, -0.15) is 13.2 Å². The first-order valence-electron chi connectivity index (χ1n) is 10.2. The van der Waals surface area contributed by atoms with Crippen molar-refractivity contribution in [3.8, 4) is 0 Å². The van der Waals surface area contributed by atoms with Gasteiger partial charge in [0.2, 0.25) is 5.91 Å². The topological polar surface area (TPSA) is 66.0 Å². The van der Waals surface area contributed by atoms with Crippen LogP contribution in [-0.2, 0) is 22.7 Å². The molecule has 1 unspecified atom stereocenters. The number of halogens is 4. The zero-order valence-electron chi connectivity index (χ0n) is 18.2. The lowest BCUT2D eigenvalue weighted by atomic mass is 10.1. The number of benzene rings is 1. The molecule has 1 heterocycles. The van der Waals surface area contributed by atoms with Gasteiger partial charge in [-0.1, -0.05) is 38.1 Å². The van der Waals surface area contributed by atoms with Crippen LogP contribution < -0.4 is 10.6 Å². The Morgan fingerprint density at radius 3 is 2.68 bits per heavy atom. The van der Waals surface area contributed by atoms with Gasteiger partial charge in [0, 0.05) is 31.6 Å². The van der Waals surface area contributed by atoms with Crippen molar-refractivity contribution in [1.29, 1.82) is 0 Å². The molecule has 1 atom stereocenters. The Labute approximate surface area is 199 Å². The van der Waals surface area contributed by atoms with Crippen molar-refractivity contribution < 1.29 is 22.7 Å². The highest BCUT2D eigenvalue weighted by Crippen LogP contribution is 2.16. The zero-order chi connectivity index (χ0) is 22.1. The number of hydrogen-bond acceptors (Lipinski definition) is 3. The first-order valence-corrected chi connectivity index (χ1v) is 10.2. The van der Waals surface area contributed by atoms with Crippen LogP contribution in [0.25, 0.3) is 0 Å². The number of nitrogens with zero attached hydrogens (tertiary/aromatic N) is 2. The fourth-order valence-electron chi connectivity index (χ4n) is 3.23. The summed E-state index contributed by atoms with van der Waals surface area (Å²) >= 11 is 0. The number of likely N-dealkylation sites (tertiary alicyclic amines) is 1. The van der Waals surface area contributed by atoms with Crippen LogP contribution in [-0.4, -0.2) is 55.2 Å². The lowest BCUT2D eigenvalue weighted by Crippen LogP contribution is -2.45. The third-order valence-electron chi connectivity index (χ3n) is 4.62. The summed E-state index contributed by atoms with van der Waals surface area (Å²) in [6.45, 7) is 6.86. The Hall–Kier alpha value is -1.56. The van der Waals surface area contributed by atoms with Gasteiger partial charge in [0.05, 0.1) is 13.2 Å². The van der Waals surface area contributed by atoms with E-state index in [1.165, 1.54) is 0 Å². The third-order valence-corrected chi connectivity index (χ3v) is 4.62. The molecule has 1 aromatic carbocycles. The van der Waals surface area contributed by atoms with Crippen LogP contribution in [0.1, 0.15) is 38.3 Å². The smallest absolute Gasteiger partial charge is 0.367 e. The molecule has 1 aliphatic rings. The van der Waals surface area contributed by atoms with E-state index in [2.05, 4.69) is 15.6 Å². The van der Waals surface area contributed by atoms with E-state index in [1.807, 2.05) is 31.7 Å². The molecule has 2 rings (SSSR count). The molecule has 2 N–H and O–H groups in total. The van der Waals surface area contributed by atoms with Crippen LogP contribution >= 0.6 is 24.0 Å². The van der Waals surface area contributed by atoms with Crippen molar-refractivity contribution >= 4 is 35.8 Å². The SMILES string of the molecule is CCNC(=NCc1cccc(COCC(F)(F)F)c1)NC1CCN(C(=O)C(C)C)C1.I. The molecule has 1 saturated heterocycles. The van der Waals surface area contributed by atoms with E-state index in [0.29, 0.717) is 31.2 Å². The van der Waals surface area contributed by atoms with Gasteiger partial charge in [-0.05, 0) is 24.5 Å². The van der Waals surface area contributed by atoms with Crippen molar-refractivity contribution in [2.24, 2.45) is 10.9 Å². The Morgan fingerprint density at radius 2 is 2.03 bits per heavy atom. The molecule has 0 bridgehead atoms. The van der Waals surface area contributed by atoms with Crippen LogP contribution in [0.3, 0.4) is 0 Å². The number of guanidine groups is 1. The number of amides is 1. The fourth-order valence-corrected chi connectivity index (χ4v) is 3.23. The molecule has 0 aromatic heterocycles. The summed E-state index contributed by atoms with van der Waals surface area (Å²) in [6, 6.07) is 7.31. The van der Waals surface area contributed by atoms with E-state index >= 15 is 0 Å². The third kappa shape index (κ3) is 10.1. The largest absolute Gasteiger partial charge is 0.411 e. The molecule has 0 saturated carbocycles. The first-order chi connectivity index (χ1) is 14.2. The number of nitrogens with one attached hydrogen (secondary N) is 2. The number of carbonyl (C=O) groups excluding carboxylic acids is 1. The lowest BCUT2D eigenvalue weighted by molar-refractivity contribution is -0.176. The summed E-state index contributed by atoms with van der Waals surface area (Å²) in [5, 5.41) is 6.57. The van der Waals surface area contributed by atoms with E-state index in [9.17, 15) is 18.0 Å². The molecule has 1 fully saturated rings. The van der Waals surface area contributed by atoms with E-state index in [1.54, 1.807) is 18.2 Å². The van der Waals surface area contributed by atoms with Crippen LogP contribution in [0, 0.1) is 5.92 Å². The summed E-state index contributed by atoms with van der Waals surface area (Å²) in [5.41, 5.74) is 1.55. The average molecular weight is 556 g/mol. The van der Waals surface area contributed by atoms with Gasteiger partial charge in [0.15, 0.2) is 5.96 Å². The van der Waals surface area contributed by atoms with Crippen molar-refractivity contribution in [3.63, 3.8) is 0 Å². The van der Waals surface area contributed by atoms with Gasteiger partial charge in [-0.15, -0.1) is 24.0 Å². The number of ether oxygens (including phenoxy) is 1. The molecular formula is C21H32F3IN4O2. The standard InChI is InChI=1S/C21H31F3N4O2.HI/c1-4-25-20(27-18-8-9-28(12-18)19(29)15(2)3)26-11-16-6-5-7-17(10-16)13-30-14-21(22,23)24;/h5-7,10,15,18H,4,8-9,11-14H2,1-3H3,(H2,25,26,27);1H. The van der Waals surface area contributed by atoms with Crippen molar-refractivity contribution in [3.05, 3.63) is 35.4 Å². The molecule has 0 aliphatic carbocycles. The van der Waals surface area contributed by atoms with E-state index in [-0.39, 0.29) is 48.5 Å². The second kappa shape index (κ2) is 13.1. The summed E-state index contributed by atoms with van der Waals surface area (Å²) in [5.74, 6) is 0.795. The molecule has 1 amide bonds. The predicted molar refractivity (Wildman–Crippen MR) is 125 cm³/mol. The van der Waals surface area contributed by atoms with E-state index < -0.39 is 12.8 Å². The molecule has 176 valence electrons. The molecule has 0 spiro atoms. The molecule has 31 heavy (non-hydrogen) atoms. The minimum Gasteiger partial charge on any atom is -0.367 e.